The van der Waals surface area contributed by atoms with E-state index in [9.17, 15) is 9.18 Å². The van der Waals surface area contributed by atoms with Gasteiger partial charge in [0.1, 0.15) is 11.6 Å². The summed E-state index contributed by atoms with van der Waals surface area (Å²) in [5.41, 5.74) is 2.56. The first-order chi connectivity index (χ1) is 14.8. The van der Waals surface area contributed by atoms with E-state index in [2.05, 4.69) is 37.6 Å². The van der Waals surface area contributed by atoms with Gasteiger partial charge in [0.05, 0.1) is 12.2 Å². The number of amides is 1. The zero-order valence-electron chi connectivity index (χ0n) is 18.9. The lowest BCUT2D eigenvalue weighted by molar-refractivity contribution is 0.0733. The summed E-state index contributed by atoms with van der Waals surface area (Å²) in [7, 11) is 2.05. The molecule has 166 valence electrons. The maximum atomic E-state index is 13.3. The molecule has 0 spiro atoms. The van der Waals surface area contributed by atoms with Crippen LogP contribution in [0.4, 0.5) is 16.2 Å². The Morgan fingerprint density at radius 1 is 1.13 bits per heavy atom. The highest BCUT2D eigenvalue weighted by Gasteiger charge is 2.29. The summed E-state index contributed by atoms with van der Waals surface area (Å²) in [5, 5.41) is 0. The van der Waals surface area contributed by atoms with Crippen LogP contribution in [0, 0.1) is 11.7 Å². The molecule has 0 N–H and O–H groups in total. The highest BCUT2D eigenvalue weighted by Crippen LogP contribution is 2.31. The Bertz CT molecular complexity index is 938. The maximum Gasteiger partial charge on any atom is 0.254 e. The van der Waals surface area contributed by atoms with Crippen molar-refractivity contribution in [2.45, 2.75) is 52.6 Å². The van der Waals surface area contributed by atoms with Gasteiger partial charge in [-0.05, 0) is 56.9 Å². The first-order valence-corrected chi connectivity index (χ1v) is 11.3. The summed E-state index contributed by atoms with van der Waals surface area (Å²) in [6.07, 6.45) is 3.02. The number of aromatic nitrogens is 2. The lowest BCUT2D eigenvalue weighted by Crippen LogP contribution is -2.40. The van der Waals surface area contributed by atoms with E-state index in [0.29, 0.717) is 25.1 Å². The highest BCUT2D eigenvalue weighted by atomic mass is 19.1. The second kappa shape index (κ2) is 8.81. The number of fused-ring (bicyclic) bond motifs is 1. The van der Waals surface area contributed by atoms with Crippen LogP contribution >= 0.6 is 0 Å². The number of hydrogen-bond donors (Lipinski definition) is 0. The molecule has 0 radical (unpaired) electrons. The molecule has 2 aromatic rings. The van der Waals surface area contributed by atoms with Crippen LogP contribution in [0.3, 0.4) is 0 Å². The van der Waals surface area contributed by atoms with Gasteiger partial charge in [-0.15, -0.1) is 0 Å². The molecule has 2 aliphatic heterocycles. The molecule has 3 heterocycles. The fourth-order valence-corrected chi connectivity index (χ4v) is 4.22. The summed E-state index contributed by atoms with van der Waals surface area (Å²) in [4.78, 5) is 29.2. The fourth-order valence-electron chi connectivity index (χ4n) is 4.22. The fraction of sp³-hybridized carbons (Fsp3) is 0.542. The topological polar surface area (TPSA) is 52.6 Å². The molecule has 2 aliphatic rings. The number of carbonyl (C=O) groups excluding carboxylic acids is 1. The number of benzene rings is 1. The quantitative estimate of drug-likeness (QED) is 0.744. The van der Waals surface area contributed by atoms with Crippen molar-refractivity contribution in [2.75, 3.05) is 36.5 Å². The summed E-state index contributed by atoms with van der Waals surface area (Å²) < 4.78 is 13.3. The van der Waals surface area contributed by atoms with Crippen molar-refractivity contribution in [1.82, 2.24) is 14.9 Å². The van der Waals surface area contributed by atoms with Gasteiger partial charge in [-0.25, -0.2) is 9.37 Å². The second-order valence-corrected chi connectivity index (χ2v) is 9.13. The molecule has 6 nitrogen and oxygen atoms in total. The largest absolute Gasteiger partial charge is 0.357 e. The van der Waals surface area contributed by atoms with E-state index in [1.807, 2.05) is 4.90 Å². The van der Waals surface area contributed by atoms with E-state index in [1.165, 1.54) is 12.1 Å². The Hall–Kier alpha value is -2.70. The van der Waals surface area contributed by atoms with Crippen molar-refractivity contribution in [3.8, 4) is 0 Å². The van der Waals surface area contributed by atoms with Crippen molar-refractivity contribution in [1.29, 1.82) is 0 Å². The Balaban J connectivity index is 1.65. The lowest BCUT2D eigenvalue weighted by atomic mass is 9.99. The summed E-state index contributed by atoms with van der Waals surface area (Å²) in [6, 6.07) is 6.03. The van der Waals surface area contributed by atoms with Gasteiger partial charge in [0.2, 0.25) is 5.95 Å². The van der Waals surface area contributed by atoms with Crippen LogP contribution in [-0.2, 0) is 13.0 Å². The van der Waals surface area contributed by atoms with Crippen LogP contribution in [0.25, 0.3) is 0 Å². The number of carbonyl (C=O) groups is 1. The van der Waals surface area contributed by atoms with Crippen molar-refractivity contribution >= 4 is 17.7 Å². The zero-order chi connectivity index (χ0) is 22.1. The molecule has 4 rings (SSSR count). The number of piperidine rings is 1. The van der Waals surface area contributed by atoms with Gasteiger partial charge in [0, 0.05) is 50.3 Å². The van der Waals surface area contributed by atoms with Crippen molar-refractivity contribution in [2.24, 2.45) is 5.92 Å². The molecule has 1 aromatic heterocycles. The van der Waals surface area contributed by atoms with Crippen molar-refractivity contribution < 1.29 is 9.18 Å². The third kappa shape index (κ3) is 4.50. The van der Waals surface area contributed by atoms with Crippen molar-refractivity contribution in [3.05, 3.63) is 46.9 Å². The minimum absolute atomic E-state index is 0.0853. The number of anilines is 2. The molecule has 0 atom stereocenters. The molecule has 1 amide bonds. The van der Waals surface area contributed by atoms with Gasteiger partial charge in [-0.1, -0.05) is 6.92 Å². The van der Waals surface area contributed by atoms with Crippen LogP contribution < -0.4 is 9.80 Å². The van der Waals surface area contributed by atoms with E-state index in [-0.39, 0.29) is 17.8 Å². The van der Waals surface area contributed by atoms with E-state index >= 15 is 0 Å². The van der Waals surface area contributed by atoms with Gasteiger partial charge in [0.25, 0.3) is 5.91 Å². The molecular weight excluding hydrogens is 393 g/mol. The Morgan fingerprint density at radius 3 is 2.45 bits per heavy atom. The van der Waals surface area contributed by atoms with E-state index in [4.69, 9.17) is 9.97 Å². The second-order valence-electron chi connectivity index (χ2n) is 9.13. The summed E-state index contributed by atoms with van der Waals surface area (Å²) in [6.45, 7) is 9.62. The lowest BCUT2D eigenvalue weighted by Gasteiger charge is -2.35. The van der Waals surface area contributed by atoms with Crippen LogP contribution in [0.5, 0.6) is 0 Å². The van der Waals surface area contributed by atoms with Crippen LogP contribution in [0.2, 0.25) is 0 Å². The first-order valence-electron chi connectivity index (χ1n) is 11.3. The average Bonchev–Trinajstić information content (AvgIpc) is 2.78. The monoisotopic (exact) mass is 425 g/mol. The molecule has 0 unspecified atom stereocenters. The van der Waals surface area contributed by atoms with Crippen LogP contribution in [0.1, 0.15) is 55.2 Å². The van der Waals surface area contributed by atoms with Gasteiger partial charge in [-0.2, -0.15) is 4.98 Å². The van der Waals surface area contributed by atoms with E-state index in [0.717, 1.165) is 54.9 Å². The highest BCUT2D eigenvalue weighted by molar-refractivity contribution is 5.94. The van der Waals surface area contributed by atoms with E-state index in [1.54, 1.807) is 12.1 Å². The third-order valence-electron chi connectivity index (χ3n) is 6.58. The number of halogens is 1. The molecule has 7 heteroatoms. The Morgan fingerprint density at radius 2 is 1.81 bits per heavy atom. The Kier molecular flexibility index (Phi) is 6.12. The van der Waals surface area contributed by atoms with Gasteiger partial charge < -0.3 is 14.7 Å². The van der Waals surface area contributed by atoms with Gasteiger partial charge in [-0.3, -0.25) is 4.79 Å². The van der Waals surface area contributed by atoms with E-state index < -0.39 is 0 Å². The summed E-state index contributed by atoms with van der Waals surface area (Å²) >= 11 is 0. The maximum absolute atomic E-state index is 13.3. The van der Waals surface area contributed by atoms with Gasteiger partial charge in [0.15, 0.2) is 0 Å². The molecule has 0 bridgehead atoms. The molecule has 0 saturated carbocycles. The minimum atomic E-state index is -0.338. The zero-order valence-corrected chi connectivity index (χ0v) is 18.9. The number of rotatable bonds is 4. The predicted octanol–water partition coefficient (Wildman–Crippen LogP) is 3.90. The smallest absolute Gasteiger partial charge is 0.254 e. The molecule has 1 fully saturated rings. The standard InChI is InChI=1S/C24H32FN5O/c1-16(2)28(4)22-20-15-30(23(31)18-5-7-19(25)8-6-18)14-11-21(20)26-24(27-22)29-12-9-17(3)10-13-29/h5-8,16-17H,9-15H2,1-4H3. The third-order valence-corrected chi connectivity index (χ3v) is 6.58. The van der Waals surface area contributed by atoms with Crippen molar-refractivity contribution in [3.63, 3.8) is 0 Å². The summed E-state index contributed by atoms with van der Waals surface area (Å²) in [5.74, 6) is 2.04. The van der Waals surface area contributed by atoms with Crippen LogP contribution in [0.15, 0.2) is 24.3 Å². The predicted molar refractivity (Wildman–Crippen MR) is 121 cm³/mol. The molecule has 1 saturated heterocycles. The number of hydrogen-bond acceptors (Lipinski definition) is 5. The molecule has 0 aliphatic carbocycles. The Labute approximate surface area is 184 Å². The normalized spacial score (nSPS) is 17.1. The SMILES string of the molecule is CC1CCN(c2nc3c(c(N(C)C(C)C)n2)CN(C(=O)c2ccc(F)cc2)CC3)CC1. The molecule has 31 heavy (non-hydrogen) atoms. The van der Waals surface area contributed by atoms with Crippen LogP contribution in [-0.4, -0.2) is 53.5 Å². The first kappa shape index (κ1) is 21.5. The number of nitrogens with zero attached hydrogens (tertiary/aromatic N) is 5. The van der Waals surface area contributed by atoms with Gasteiger partial charge >= 0.3 is 0 Å². The molecule has 1 aromatic carbocycles. The molecular formula is C24H32FN5O. The minimum Gasteiger partial charge on any atom is -0.357 e. The average molecular weight is 426 g/mol.